The van der Waals surface area contributed by atoms with Gasteiger partial charge in [-0.2, -0.15) is 4.31 Å². The number of carbonyl (C=O) groups is 2. The molecule has 8 heteroatoms. The second kappa shape index (κ2) is 7.85. The number of morpholine rings is 1. The summed E-state index contributed by atoms with van der Waals surface area (Å²) >= 11 is 0. The lowest BCUT2D eigenvalue weighted by molar-refractivity contribution is -0.129. The first-order valence-electron chi connectivity index (χ1n) is 8.82. The Morgan fingerprint density at radius 2 is 1.96 bits per heavy atom. The average molecular weight is 381 g/mol. The van der Waals surface area contributed by atoms with Gasteiger partial charge in [0.15, 0.2) is 11.9 Å². The van der Waals surface area contributed by atoms with Gasteiger partial charge in [0, 0.05) is 19.5 Å². The Bertz CT molecular complexity index is 798. The molecule has 3 rings (SSSR count). The largest absolute Gasteiger partial charge is 0.451 e. The maximum absolute atomic E-state index is 12.9. The Kier molecular flexibility index (Phi) is 5.74. The van der Waals surface area contributed by atoms with E-state index in [9.17, 15) is 18.0 Å². The van der Waals surface area contributed by atoms with Crippen LogP contribution in [0, 0.1) is 6.92 Å². The minimum absolute atomic E-state index is 0.0714. The van der Waals surface area contributed by atoms with Gasteiger partial charge in [-0.15, -0.1) is 0 Å². The van der Waals surface area contributed by atoms with Crippen molar-refractivity contribution in [3.8, 4) is 0 Å². The topological polar surface area (TPSA) is 90.0 Å². The zero-order valence-corrected chi connectivity index (χ0v) is 15.6. The van der Waals surface area contributed by atoms with Crippen LogP contribution >= 0.6 is 0 Å². The molecule has 1 heterocycles. The second-order valence-electron chi connectivity index (χ2n) is 6.60. The maximum Gasteiger partial charge on any atom is 0.338 e. The number of nitrogens with zero attached hydrogens (tertiary/aromatic N) is 1. The summed E-state index contributed by atoms with van der Waals surface area (Å²) in [5.74, 6) is -0.735. The molecule has 1 aliphatic heterocycles. The van der Waals surface area contributed by atoms with Crippen LogP contribution in [0.15, 0.2) is 23.1 Å². The number of sulfonamides is 1. The van der Waals surface area contributed by atoms with Gasteiger partial charge in [0.1, 0.15) is 0 Å². The normalized spacial score (nSPS) is 22.2. The van der Waals surface area contributed by atoms with E-state index >= 15 is 0 Å². The van der Waals surface area contributed by atoms with Crippen LogP contribution in [0.25, 0.3) is 0 Å². The summed E-state index contributed by atoms with van der Waals surface area (Å²) in [4.78, 5) is 24.4. The van der Waals surface area contributed by atoms with E-state index in [1.165, 1.54) is 16.4 Å². The highest BCUT2D eigenvalue weighted by Crippen LogP contribution is 2.24. The lowest BCUT2D eigenvalue weighted by Crippen LogP contribution is -2.40. The van der Waals surface area contributed by atoms with Gasteiger partial charge in [-0.25, -0.2) is 13.2 Å². The van der Waals surface area contributed by atoms with Crippen molar-refractivity contribution >= 4 is 21.8 Å². The van der Waals surface area contributed by atoms with Gasteiger partial charge < -0.3 is 9.47 Å². The summed E-state index contributed by atoms with van der Waals surface area (Å²) in [6.07, 6.45) is 1.88. The molecule has 7 nitrogen and oxygen atoms in total. The molecule has 1 aromatic rings. The van der Waals surface area contributed by atoms with Crippen LogP contribution in [-0.4, -0.2) is 56.9 Å². The highest BCUT2D eigenvalue weighted by Gasteiger charge is 2.30. The fourth-order valence-electron chi connectivity index (χ4n) is 3.20. The molecule has 2 aliphatic rings. The van der Waals surface area contributed by atoms with E-state index < -0.39 is 22.1 Å². The van der Waals surface area contributed by atoms with Gasteiger partial charge in [-0.1, -0.05) is 6.07 Å². The summed E-state index contributed by atoms with van der Waals surface area (Å²) in [7, 11) is -3.71. The van der Waals surface area contributed by atoms with E-state index in [4.69, 9.17) is 9.47 Å². The first-order chi connectivity index (χ1) is 12.4. The fraction of sp³-hybridized carbons (Fsp3) is 0.556. The molecule has 0 N–H and O–H groups in total. The Morgan fingerprint density at radius 3 is 2.65 bits per heavy atom. The molecule has 0 unspecified atom stereocenters. The molecule has 1 aliphatic carbocycles. The minimum atomic E-state index is -3.71. The molecule has 1 aromatic carbocycles. The number of hydrogen-bond acceptors (Lipinski definition) is 6. The third-order valence-electron chi connectivity index (χ3n) is 4.76. The number of esters is 1. The zero-order chi connectivity index (χ0) is 18.7. The Labute approximate surface area is 153 Å². The molecule has 1 saturated carbocycles. The molecular weight excluding hydrogens is 358 g/mol. The Balaban J connectivity index is 1.82. The molecule has 1 atom stereocenters. The molecule has 0 bridgehead atoms. The third-order valence-corrected chi connectivity index (χ3v) is 6.80. The van der Waals surface area contributed by atoms with Crippen molar-refractivity contribution in [3.05, 3.63) is 29.3 Å². The smallest absolute Gasteiger partial charge is 0.338 e. The number of ether oxygens (including phenoxy) is 2. The average Bonchev–Trinajstić information content (AvgIpc) is 2.64. The SMILES string of the molecule is Cc1ccc(C(=O)O[C@@H]2CCCCC2=O)cc1S(=O)(=O)N1CCOCC1. The van der Waals surface area contributed by atoms with E-state index in [1.807, 2.05) is 0 Å². The predicted octanol–water partition coefficient (Wildman–Crippen LogP) is 1.68. The number of aryl methyl sites for hydroxylation is 1. The van der Waals surface area contributed by atoms with Crippen molar-refractivity contribution in [1.82, 2.24) is 4.31 Å². The van der Waals surface area contributed by atoms with E-state index in [-0.39, 0.29) is 29.3 Å². The molecule has 0 radical (unpaired) electrons. The van der Waals surface area contributed by atoms with Crippen LogP contribution in [0.1, 0.15) is 41.6 Å². The Morgan fingerprint density at radius 1 is 1.23 bits per heavy atom. The minimum Gasteiger partial charge on any atom is -0.451 e. The van der Waals surface area contributed by atoms with Gasteiger partial charge in [-0.05, 0) is 43.9 Å². The number of ketones is 1. The van der Waals surface area contributed by atoms with Crippen molar-refractivity contribution in [3.63, 3.8) is 0 Å². The summed E-state index contributed by atoms with van der Waals surface area (Å²) < 4.78 is 37.7. The summed E-state index contributed by atoms with van der Waals surface area (Å²) in [5, 5.41) is 0. The summed E-state index contributed by atoms with van der Waals surface area (Å²) in [6, 6.07) is 4.46. The highest BCUT2D eigenvalue weighted by atomic mass is 32.2. The van der Waals surface area contributed by atoms with Gasteiger partial charge in [0.05, 0.1) is 23.7 Å². The number of hydrogen-bond donors (Lipinski definition) is 0. The van der Waals surface area contributed by atoms with Crippen LogP contribution in [0.4, 0.5) is 0 Å². The second-order valence-corrected chi connectivity index (χ2v) is 8.51. The van der Waals surface area contributed by atoms with E-state index in [0.717, 1.165) is 12.8 Å². The number of Topliss-reactive ketones (excluding diaryl/α,β-unsaturated/α-hetero) is 1. The van der Waals surface area contributed by atoms with Crippen LogP contribution < -0.4 is 0 Å². The van der Waals surface area contributed by atoms with Gasteiger partial charge in [-0.3, -0.25) is 4.79 Å². The molecular formula is C18H23NO6S. The molecule has 26 heavy (non-hydrogen) atoms. The lowest BCUT2D eigenvalue weighted by atomic mass is 9.96. The number of carbonyl (C=O) groups excluding carboxylic acids is 2. The van der Waals surface area contributed by atoms with Crippen LogP contribution in [0.5, 0.6) is 0 Å². The van der Waals surface area contributed by atoms with Gasteiger partial charge in [0.2, 0.25) is 10.0 Å². The number of rotatable bonds is 4. The van der Waals surface area contributed by atoms with E-state index in [2.05, 4.69) is 0 Å². The summed E-state index contributed by atoms with van der Waals surface area (Å²) in [5.41, 5.74) is 0.697. The first kappa shape index (κ1) is 19.0. The van der Waals surface area contributed by atoms with Crippen LogP contribution in [0.2, 0.25) is 0 Å². The molecule has 0 aromatic heterocycles. The zero-order valence-electron chi connectivity index (χ0n) is 14.8. The van der Waals surface area contributed by atoms with Crippen molar-refractivity contribution in [2.24, 2.45) is 0 Å². The monoisotopic (exact) mass is 381 g/mol. The molecule has 142 valence electrons. The van der Waals surface area contributed by atoms with E-state index in [0.29, 0.717) is 31.6 Å². The highest BCUT2D eigenvalue weighted by molar-refractivity contribution is 7.89. The fourth-order valence-corrected chi connectivity index (χ4v) is 4.86. The third kappa shape index (κ3) is 3.97. The van der Waals surface area contributed by atoms with Gasteiger partial charge >= 0.3 is 5.97 Å². The number of benzene rings is 1. The van der Waals surface area contributed by atoms with E-state index in [1.54, 1.807) is 13.0 Å². The maximum atomic E-state index is 12.9. The first-order valence-corrected chi connectivity index (χ1v) is 10.3. The van der Waals surface area contributed by atoms with Crippen molar-refractivity contribution in [1.29, 1.82) is 0 Å². The summed E-state index contributed by atoms with van der Waals surface area (Å²) in [6.45, 7) is 2.96. The van der Waals surface area contributed by atoms with Gasteiger partial charge in [0.25, 0.3) is 0 Å². The van der Waals surface area contributed by atoms with Crippen LogP contribution in [-0.2, 0) is 24.3 Å². The Hall–Kier alpha value is -1.77. The van der Waals surface area contributed by atoms with Crippen LogP contribution in [0.3, 0.4) is 0 Å². The quantitative estimate of drug-likeness (QED) is 0.737. The molecule has 0 amide bonds. The predicted molar refractivity (Wildman–Crippen MR) is 93.4 cm³/mol. The molecule has 0 spiro atoms. The lowest BCUT2D eigenvalue weighted by Gasteiger charge is -2.27. The van der Waals surface area contributed by atoms with Crippen molar-refractivity contribution < 1.29 is 27.5 Å². The molecule has 2 fully saturated rings. The van der Waals surface area contributed by atoms with Crippen molar-refractivity contribution in [2.45, 2.75) is 43.6 Å². The molecule has 1 saturated heterocycles. The van der Waals surface area contributed by atoms with Crippen molar-refractivity contribution in [2.75, 3.05) is 26.3 Å². The standard InChI is InChI=1S/C18H23NO6S/c1-13-6-7-14(18(21)25-16-5-3-2-4-15(16)20)12-17(13)26(22,23)19-8-10-24-11-9-19/h6-7,12,16H,2-5,8-11H2,1H3/t16-/m1/s1.